The van der Waals surface area contributed by atoms with Gasteiger partial charge in [0.2, 0.25) is 0 Å². The molecule has 1 heterocycles. The van der Waals surface area contributed by atoms with Crippen molar-refractivity contribution in [3.8, 4) is 0 Å². The summed E-state index contributed by atoms with van der Waals surface area (Å²) in [6, 6.07) is 0. The highest BCUT2D eigenvalue weighted by Gasteiger charge is 2.30. The summed E-state index contributed by atoms with van der Waals surface area (Å²) in [5.41, 5.74) is 5.36. The minimum atomic E-state index is -0.194. The van der Waals surface area contributed by atoms with E-state index in [0.29, 0.717) is 19.6 Å². The first-order chi connectivity index (χ1) is 5.27. The number of halogens is 1. The molecule has 5 heteroatoms. The van der Waals surface area contributed by atoms with Gasteiger partial charge in [-0.1, -0.05) is 0 Å². The predicted octanol–water partition coefficient (Wildman–Crippen LogP) is -0.0550. The molecule has 0 bridgehead atoms. The van der Waals surface area contributed by atoms with Gasteiger partial charge in [0, 0.05) is 6.54 Å². The number of carbonyl (C=O) groups is 1. The lowest BCUT2D eigenvalue weighted by atomic mass is 10.1. The van der Waals surface area contributed by atoms with Gasteiger partial charge in [0.25, 0.3) is 0 Å². The number of carbonyl (C=O) groups excluding carboxylic acids is 1. The molecule has 2 N–H and O–H groups in total. The number of nitrogens with two attached hydrogens (primary N) is 1. The second-order valence-corrected chi connectivity index (χ2v) is 2.65. The van der Waals surface area contributed by atoms with Crippen LogP contribution in [-0.2, 0) is 14.3 Å². The van der Waals surface area contributed by atoms with Crippen LogP contribution in [0.2, 0.25) is 0 Å². The third-order valence-corrected chi connectivity index (χ3v) is 1.88. The van der Waals surface area contributed by atoms with Gasteiger partial charge in [-0.3, -0.25) is 4.79 Å². The molecule has 0 aromatic heterocycles. The maximum absolute atomic E-state index is 10.9. The average Bonchev–Trinajstić information content (AvgIpc) is 2.50. The summed E-state index contributed by atoms with van der Waals surface area (Å²) < 4.78 is 9.78. The fourth-order valence-electron chi connectivity index (χ4n) is 1.20. The maximum Gasteiger partial charge on any atom is 0.311 e. The highest BCUT2D eigenvalue weighted by molar-refractivity contribution is 5.85. The quantitative estimate of drug-likeness (QED) is 0.628. The van der Waals surface area contributed by atoms with Crippen molar-refractivity contribution in [2.45, 2.75) is 12.5 Å². The molecule has 2 atom stereocenters. The van der Waals surface area contributed by atoms with E-state index in [1.54, 1.807) is 0 Å². The summed E-state index contributed by atoms with van der Waals surface area (Å²) in [5, 5.41) is 0. The van der Waals surface area contributed by atoms with E-state index in [2.05, 4.69) is 4.74 Å². The van der Waals surface area contributed by atoms with Crippen LogP contribution in [-0.4, -0.2) is 32.3 Å². The van der Waals surface area contributed by atoms with E-state index in [4.69, 9.17) is 10.5 Å². The molecule has 2 unspecified atom stereocenters. The number of methoxy groups -OCH3 is 1. The molecule has 1 fully saturated rings. The first kappa shape index (κ1) is 11.7. The lowest BCUT2D eigenvalue weighted by Gasteiger charge is -2.04. The molecule has 0 amide bonds. The van der Waals surface area contributed by atoms with Gasteiger partial charge in [-0.15, -0.1) is 12.4 Å². The van der Waals surface area contributed by atoms with Crippen LogP contribution < -0.4 is 5.73 Å². The molecular formula is C7H14ClNO3. The van der Waals surface area contributed by atoms with Gasteiger partial charge in [0.15, 0.2) is 0 Å². The predicted molar refractivity (Wildman–Crippen MR) is 46.2 cm³/mol. The second-order valence-electron chi connectivity index (χ2n) is 2.65. The standard InChI is InChI=1S/C7H13NO3.ClH/c1-10-7(9)5-2-6(3-8)11-4-5;/h5-6H,2-4,8H2,1H3;1H. The van der Waals surface area contributed by atoms with Crippen molar-refractivity contribution in [2.24, 2.45) is 11.7 Å². The maximum atomic E-state index is 10.9. The van der Waals surface area contributed by atoms with Gasteiger partial charge in [-0.2, -0.15) is 0 Å². The molecule has 0 aromatic rings. The number of rotatable bonds is 2. The Balaban J connectivity index is 0.00000121. The zero-order valence-electron chi connectivity index (χ0n) is 6.99. The Kier molecular flexibility index (Phi) is 5.20. The Morgan fingerprint density at radius 2 is 2.42 bits per heavy atom. The van der Waals surface area contributed by atoms with Crippen molar-refractivity contribution in [2.75, 3.05) is 20.3 Å². The molecule has 0 spiro atoms. The van der Waals surface area contributed by atoms with E-state index < -0.39 is 0 Å². The molecule has 0 saturated carbocycles. The molecule has 1 rings (SSSR count). The normalized spacial score (nSPS) is 27.8. The average molecular weight is 196 g/mol. The van der Waals surface area contributed by atoms with Gasteiger partial charge in [-0.25, -0.2) is 0 Å². The first-order valence-corrected chi connectivity index (χ1v) is 3.67. The summed E-state index contributed by atoms with van der Waals surface area (Å²) >= 11 is 0. The number of hydrogen-bond acceptors (Lipinski definition) is 4. The highest BCUT2D eigenvalue weighted by atomic mass is 35.5. The van der Waals surface area contributed by atoms with Crippen LogP contribution in [0.1, 0.15) is 6.42 Å². The Labute approximate surface area is 77.8 Å². The SMILES string of the molecule is COC(=O)C1COC(CN)C1.Cl. The molecule has 0 aromatic carbocycles. The zero-order valence-corrected chi connectivity index (χ0v) is 7.80. The molecule has 0 radical (unpaired) electrons. The van der Waals surface area contributed by atoms with Gasteiger partial charge >= 0.3 is 5.97 Å². The van der Waals surface area contributed by atoms with E-state index in [-0.39, 0.29) is 30.4 Å². The van der Waals surface area contributed by atoms with Crippen LogP contribution in [0.4, 0.5) is 0 Å². The molecule has 1 aliphatic heterocycles. The minimum Gasteiger partial charge on any atom is -0.469 e. The van der Waals surface area contributed by atoms with Crippen LogP contribution in [0.25, 0.3) is 0 Å². The third kappa shape index (κ3) is 2.62. The van der Waals surface area contributed by atoms with Crippen molar-refractivity contribution in [1.82, 2.24) is 0 Å². The minimum absolute atomic E-state index is 0. The van der Waals surface area contributed by atoms with Gasteiger partial charge < -0.3 is 15.2 Å². The first-order valence-electron chi connectivity index (χ1n) is 3.67. The Morgan fingerprint density at radius 1 is 1.75 bits per heavy atom. The van der Waals surface area contributed by atoms with E-state index in [0.717, 1.165) is 0 Å². The van der Waals surface area contributed by atoms with Crippen molar-refractivity contribution >= 4 is 18.4 Å². The fourth-order valence-corrected chi connectivity index (χ4v) is 1.20. The molecule has 72 valence electrons. The summed E-state index contributed by atoms with van der Waals surface area (Å²) in [5.74, 6) is -0.297. The lowest BCUT2D eigenvalue weighted by molar-refractivity contribution is -0.145. The van der Waals surface area contributed by atoms with Crippen LogP contribution in [0, 0.1) is 5.92 Å². The number of esters is 1. The number of hydrogen-bond donors (Lipinski definition) is 1. The highest BCUT2D eigenvalue weighted by Crippen LogP contribution is 2.19. The van der Waals surface area contributed by atoms with E-state index in [1.165, 1.54) is 7.11 Å². The van der Waals surface area contributed by atoms with Crippen molar-refractivity contribution in [1.29, 1.82) is 0 Å². The third-order valence-electron chi connectivity index (χ3n) is 1.88. The van der Waals surface area contributed by atoms with Gasteiger partial charge in [0.1, 0.15) is 0 Å². The van der Waals surface area contributed by atoms with E-state index in [9.17, 15) is 4.79 Å². The Hall–Kier alpha value is -0.320. The Bertz CT molecular complexity index is 154. The van der Waals surface area contributed by atoms with Crippen LogP contribution >= 0.6 is 12.4 Å². The zero-order chi connectivity index (χ0) is 8.27. The van der Waals surface area contributed by atoms with Crippen LogP contribution in [0.15, 0.2) is 0 Å². The molecule has 4 nitrogen and oxygen atoms in total. The van der Waals surface area contributed by atoms with Crippen LogP contribution in [0.5, 0.6) is 0 Å². The summed E-state index contributed by atoms with van der Waals surface area (Å²) in [6.45, 7) is 0.933. The van der Waals surface area contributed by atoms with Crippen molar-refractivity contribution in [3.05, 3.63) is 0 Å². The van der Waals surface area contributed by atoms with Crippen molar-refractivity contribution < 1.29 is 14.3 Å². The van der Waals surface area contributed by atoms with Gasteiger partial charge in [-0.05, 0) is 6.42 Å². The van der Waals surface area contributed by atoms with E-state index >= 15 is 0 Å². The summed E-state index contributed by atoms with van der Waals surface area (Å²) in [4.78, 5) is 10.9. The van der Waals surface area contributed by atoms with E-state index in [1.807, 2.05) is 0 Å². The van der Waals surface area contributed by atoms with Crippen LogP contribution in [0.3, 0.4) is 0 Å². The fraction of sp³-hybridized carbons (Fsp3) is 0.857. The molecular weight excluding hydrogens is 182 g/mol. The topological polar surface area (TPSA) is 61.5 Å². The largest absolute Gasteiger partial charge is 0.469 e. The van der Waals surface area contributed by atoms with Crippen molar-refractivity contribution in [3.63, 3.8) is 0 Å². The monoisotopic (exact) mass is 195 g/mol. The molecule has 1 aliphatic rings. The van der Waals surface area contributed by atoms with Gasteiger partial charge in [0.05, 0.1) is 25.7 Å². The second kappa shape index (κ2) is 5.35. The molecule has 12 heavy (non-hydrogen) atoms. The smallest absolute Gasteiger partial charge is 0.311 e. The molecule has 1 saturated heterocycles. The molecule has 0 aliphatic carbocycles. The summed E-state index contributed by atoms with van der Waals surface area (Å²) in [6.07, 6.45) is 0.738. The summed E-state index contributed by atoms with van der Waals surface area (Å²) in [7, 11) is 1.39. The lowest BCUT2D eigenvalue weighted by Crippen LogP contribution is -2.20. The Morgan fingerprint density at radius 3 is 2.83 bits per heavy atom. The number of ether oxygens (including phenoxy) is 2.